The van der Waals surface area contributed by atoms with Crippen molar-refractivity contribution in [3.05, 3.63) is 29.3 Å². The molecule has 108 valence electrons. The average Bonchev–Trinajstić information content (AvgIpc) is 2.22. The first-order valence-corrected chi connectivity index (χ1v) is 5.99. The van der Waals surface area contributed by atoms with Crippen molar-refractivity contribution in [1.29, 1.82) is 0 Å². The number of benzene rings is 1. The number of halogens is 5. The summed E-state index contributed by atoms with van der Waals surface area (Å²) in [4.78, 5) is 0. The number of hydrogen-bond donors (Lipinski definition) is 1. The molecule has 1 atom stereocenters. The third-order valence-electron chi connectivity index (χ3n) is 2.80. The van der Waals surface area contributed by atoms with Crippen molar-refractivity contribution < 1.29 is 22.0 Å². The Labute approximate surface area is 108 Å². The third kappa shape index (κ3) is 3.81. The molecule has 1 nitrogen and oxygen atoms in total. The van der Waals surface area contributed by atoms with E-state index in [9.17, 15) is 22.0 Å². The topological polar surface area (TPSA) is 12.0 Å². The fraction of sp³-hybridized carbons (Fsp3) is 0.538. The van der Waals surface area contributed by atoms with Gasteiger partial charge in [-0.15, -0.1) is 0 Å². The second-order valence-electron chi connectivity index (χ2n) is 4.66. The SMILES string of the molecule is CCC(Nc1cc(F)c(C(C)C)c(F)c1)C(F)(F)F. The number of rotatable bonds is 4. The molecule has 0 aliphatic rings. The maximum atomic E-state index is 13.7. The van der Waals surface area contributed by atoms with Gasteiger partial charge in [0, 0.05) is 11.3 Å². The predicted molar refractivity (Wildman–Crippen MR) is 64.2 cm³/mol. The summed E-state index contributed by atoms with van der Waals surface area (Å²) in [6.07, 6.45) is -4.68. The zero-order chi connectivity index (χ0) is 14.8. The van der Waals surface area contributed by atoms with E-state index in [2.05, 4.69) is 5.32 Å². The molecule has 0 bridgehead atoms. The summed E-state index contributed by atoms with van der Waals surface area (Å²) >= 11 is 0. The number of nitrogens with one attached hydrogen (secondary N) is 1. The van der Waals surface area contributed by atoms with E-state index in [0.717, 1.165) is 12.1 Å². The smallest absolute Gasteiger partial charge is 0.374 e. The second-order valence-corrected chi connectivity index (χ2v) is 4.66. The summed E-state index contributed by atoms with van der Waals surface area (Å²) in [5.41, 5.74) is -0.325. The van der Waals surface area contributed by atoms with Crippen LogP contribution < -0.4 is 5.32 Å². The van der Waals surface area contributed by atoms with Crippen LogP contribution in [0.25, 0.3) is 0 Å². The molecule has 0 heterocycles. The Morgan fingerprint density at radius 2 is 1.58 bits per heavy atom. The van der Waals surface area contributed by atoms with E-state index in [1.807, 2.05) is 0 Å². The molecular formula is C13H16F5N. The van der Waals surface area contributed by atoms with Crippen LogP contribution in [0.4, 0.5) is 27.6 Å². The molecule has 0 amide bonds. The van der Waals surface area contributed by atoms with Gasteiger partial charge < -0.3 is 5.32 Å². The molecular weight excluding hydrogens is 265 g/mol. The zero-order valence-electron chi connectivity index (χ0n) is 10.9. The fourth-order valence-electron chi connectivity index (χ4n) is 1.84. The van der Waals surface area contributed by atoms with Crippen LogP contribution in [-0.4, -0.2) is 12.2 Å². The van der Waals surface area contributed by atoms with Crippen LogP contribution in [0.5, 0.6) is 0 Å². The highest BCUT2D eigenvalue weighted by Gasteiger charge is 2.38. The van der Waals surface area contributed by atoms with Crippen molar-refractivity contribution in [3.8, 4) is 0 Å². The van der Waals surface area contributed by atoms with Gasteiger partial charge in [-0.2, -0.15) is 13.2 Å². The van der Waals surface area contributed by atoms with Gasteiger partial charge in [-0.05, 0) is 24.5 Å². The monoisotopic (exact) mass is 281 g/mol. The average molecular weight is 281 g/mol. The molecule has 0 saturated carbocycles. The van der Waals surface area contributed by atoms with E-state index in [0.29, 0.717) is 0 Å². The molecule has 0 spiro atoms. The van der Waals surface area contributed by atoms with Gasteiger partial charge in [-0.3, -0.25) is 0 Å². The van der Waals surface area contributed by atoms with Crippen molar-refractivity contribution >= 4 is 5.69 Å². The lowest BCUT2D eigenvalue weighted by atomic mass is 10.0. The first-order valence-electron chi connectivity index (χ1n) is 5.99. The quantitative estimate of drug-likeness (QED) is 0.779. The maximum Gasteiger partial charge on any atom is 0.408 e. The van der Waals surface area contributed by atoms with Gasteiger partial charge in [-0.1, -0.05) is 20.8 Å². The van der Waals surface area contributed by atoms with E-state index in [4.69, 9.17) is 0 Å². The Morgan fingerprint density at radius 3 is 1.89 bits per heavy atom. The molecule has 19 heavy (non-hydrogen) atoms. The first kappa shape index (κ1) is 15.7. The number of anilines is 1. The Morgan fingerprint density at radius 1 is 1.11 bits per heavy atom. The Balaban J connectivity index is 3.04. The molecule has 0 fully saturated rings. The van der Waals surface area contributed by atoms with E-state index in [1.54, 1.807) is 13.8 Å². The molecule has 6 heteroatoms. The lowest BCUT2D eigenvalue weighted by Crippen LogP contribution is -2.35. The van der Waals surface area contributed by atoms with Crippen molar-refractivity contribution in [3.63, 3.8) is 0 Å². The normalized spacial score (nSPS) is 13.7. The minimum Gasteiger partial charge on any atom is -0.374 e. The van der Waals surface area contributed by atoms with E-state index in [1.165, 1.54) is 6.92 Å². The third-order valence-corrected chi connectivity index (χ3v) is 2.80. The van der Waals surface area contributed by atoms with Crippen LogP contribution in [0.3, 0.4) is 0 Å². The minimum atomic E-state index is -4.46. The fourth-order valence-corrected chi connectivity index (χ4v) is 1.84. The van der Waals surface area contributed by atoms with Crippen molar-refractivity contribution in [2.24, 2.45) is 0 Å². The molecule has 1 aromatic rings. The van der Waals surface area contributed by atoms with Crippen molar-refractivity contribution in [2.45, 2.75) is 45.3 Å². The van der Waals surface area contributed by atoms with E-state index < -0.39 is 23.9 Å². The van der Waals surface area contributed by atoms with Crippen LogP contribution in [0, 0.1) is 11.6 Å². The van der Waals surface area contributed by atoms with Crippen molar-refractivity contribution in [1.82, 2.24) is 0 Å². The zero-order valence-corrected chi connectivity index (χ0v) is 10.9. The lowest BCUT2D eigenvalue weighted by Gasteiger charge is -2.22. The van der Waals surface area contributed by atoms with Crippen LogP contribution in [0.2, 0.25) is 0 Å². The molecule has 0 aliphatic carbocycles. The Hall–Kier alpha value is -1.33. The molecule has 0 aliphatic heterocycles. The summed E-state index contributed by atoms with van der Waals surface area (Å²) in [5.74, 6) is -2.05. The highest BCUT2D eigenvalue weighted by atomic mass is 19.4. The maximum absolute atomic E-state index is 13.7. The molecule has 1 aromatic carbocycles. The summed E-state index contributed by atoms with van der Waals surface area (Å²) in [6.45, 7) is 4.57. The number of alkyl halides is 3. The van der Waals surface area contributed by atoms with E-state index in [-0.39, 0.29) is 23.6 Å². The lowest BCUT2D eigenvalue weighted by molar-refractivity contribution is -0.142. The summed E-state index contributed by atoms with van der Waals surface area (Å²) in [5, 5.41) is 2.11. The van der Waals surface area contributed by atoms with Gasteiger partial charge in [0.2, 0.25) is 0 Å². The van der Waals surface area contributed by atoms with Gasteiger partial charge in [0.05, 0.1) is 0 Å². The first-order chi connectivity index (χ1) is 8.66. The van der Waals surface area contributed by atoms with Crippen LogP contribution in [0.15, 0.2) is 12.1 Å². The summed E-state index contributed by atoms with van der Waals surface area (Å²) < 4.78 is 65.0. The second kappa shape index (κ2) is 5.75. The highest BCUT2D eigenvalue weighted by molar-refractivity contribution is 5.47. The van der Waals surface area contributed by atoms with Gasteiger partial charge in [0.15, 0.2) is 0 Å². The largest absolute Gasteiger partial charge is 0.408 e. The van der Waals surface area contributed by atoms with Crippen LogP contribution in [-0.2, 0) is 0 Å². The predicted octanol–water partition coefficient (Wildman–Crippen LogP) is 4.84. The molecule has 1 rings (SSSR count). The molecule has 0 radical (unpaired) electrons. The summed E-state index contributed by atoms with van der Waals surface area (Å²) in [7, 11) is 0. The van der Waals surface area contributed by atoms with Gasteiger partial charge in [-0.25, -0.2) is 8.78 Å². The number of hydrogen-bond acceptors (Lipinski definition) is 1. The van der Waals surface area contributed by atoms with Gasteiger partial charge >= 0.3 is 6.18 Å². The van der Waals surface area contributed by atoms with Crippen LogP contribution in [0.1, 0.15) is 38.7 Å². The molecule has 1 unspecified atom stereocenters. The van der Waals surface area contributed by atoms with Gasteiger partial charge in [0.1, 0.15) is 17.7 Å². The Bertz CT molecular complexity index is 416. The van der Waals surface area contributed by atoms with Crippen LogP contribution >= 0.6 is 0 Å². The Kier molecular flexibility index (Phi) is 4.76. The molecule has 0 saturated heterocycles. The standard InChI is InChI=1S/C13H16F5N/c1-4-11(13(16,17)18)19-8-5-9(14)12(7(2)3)10(15)6-8/h5-7,11,19H,4H2,1-3H3. The minimum absolute atomic E-state index is 0.120. The molecule has 0 aromatic heterocycles. The van der Waals surface area contributed by atoms with E-state index >= 15 is 0 Å². The van der Waals surface area contributed by atoms with Crippen molar-refractivity contribution in [2.75, 3.05) is 5.32 Å². The van der Waals surface area contributed by atoms with Gasteiger partial charge in [0.25, 0.3) is 0 Å². The molecule has 1 N–H and O–H groups in total. The highest BCUT2D eigenvalue weighted by Crippen LogP contribution is 2.29. The summed E-state index contributed by atoms with van der Waals surface area (Å²) in [6, 6.07) is -0.0317.